The Morgan fingerprint density at radius 3 is 2.29 bits per heavy atom. The summed E-state index contributed by atoms with van der Waals surface area (Å²) in [5.41, 5.74) is 2.10. The molecule has 34 heavy (non-hydrogen) atoms. The lowest BCUT2D eigenvalue weighted by molar-refractivity contribution is -0.118. The quantitative estimate of drug-likeness (QED) is 0.240. The minimum atomic E-state index is -0.474. The molecule has 3 aromatic rings. The van der Waals surface area contributed by atoms with Crippen molar-refractivity contribution in [1.29, 1.82) is 5.26 Å². The molecule has 6 nitrogen and oxygen atoms in total. The molecule has 0 aromatic heterocycles. The smallest absolute Gasteiger partial charge is 0.262 e. The fourth-order valence-corrected chi connectivity index (χ4v) is 4.43. The second-order valence-corrected chi connectivity index (χ2v) is 9.14. The fraction of sp³-hybridized carbons (Fsp3) is 0.0800. The number of nitrogens with zero attached hydrogens (tertiary/aromatic N) is 1. The van der Waals surface area contributed by atoms with Gasteiger partial charge in [-0.25, -0.2) is 0 Å². The molecule has 0 spiro atoms. The number of carbonyl (C=O) groups is 2. The first-order valence-corrected chi connectivity index (χ1v) is 11.9. The maximum absolute atomic E-state index is 12.4. The van der Waals surface area contributed by atoms with E-state index < -0.39 is 5.91 Å². The third-order valence-electron chi connectivity index (χ3n) is 4.47. The van der Waals surface area contributed by atoms with Crippen LogP contribution in [0.25, 0.3) is 6.08 Å². The molecule has 0 saturated heterocycles. The van der Waals surface area contributed by atoms with Crippen molar-refractivity contribution in [3.63, 3.8) is 0 Å². The Kier molecular flexibility index (Phi) is 9.28. The minimum absolute atomic E-state index is 0.0364. The van der Waals surface area contributed by atoms with Gasteiger partial charge >= 0.3 is 0 Å². The summed E-state index contributed by atoms with van der Waals surface area (Å²) in [4.78, 5) is 24.6. The van der Waals surface area contributed by atoms with Crippen molar-refractivity contribution in [2.45, 2.75) is 6.54 Å². The highest BCUT2D eigenvalue weighted by Crippen LogP contribution is 2.35. The number of nitrogens with one attached hydrogen (secondary N) is 2. The van der Waals surface area contributed by atoms with Gasteiger partial charge < -0.3 is 15.4 Å². The van der Waals surface area contributed by atoms with Crippen LogP contribution < -0.4 is 15.4 Å². The lowest BCUT2D eigenvalue weighted by atomic mass is 10.1. The van der Waals surface area contributed by atoms with E-state index in [4.69, 9.17) is 16.3 Å². The van der Waals surface area contributed by atoms with Crippen LogP contribution in [-0.4, -0.2) is 18.4 Å². The summed E-state index contributed by atoms with van der Waals surface area (Å²) in [5.74, 6) is -0.403. The summed E-state index contributed by atoms with van der Waals surface area (Å²) in [7, 11) is 0. The number of amides is 2. The predicted octanol–water partition coefficient (Wildman–Crippen LogP) is 6.11. The van der Waals surface area contributed by atoms with E-state index in [2.05, 4.69) is 42.5 Å². The maximum atomic E-state index is 12.4. The first-order chi connectivity index (χ1) is 16.4. The number of ether oxygens (including phenoxy) is 1. The number of nitriles is 1. The van der Waals surface area contributed by atoms with E-state index in [0.29, 0.717) is 37.5 Å². The van der Waals surface area contributed by atoms with E-state index in [1.165, 1.54) is 6.08 Å². The molecule has 9 heteroatoms. The molecule has 0 aliphatic carbocycles. The largest absolute Gasteiger partial charge is 0.481 e. The minimum Gasteiger partial charge on any atom is -0.481 e. The Morgan fingerprint density at radius 2 is 1.68 bits per heavy atom. The van der Waals surface area contributed by atoms with Crippen LogP contribution in [0, 0.1) is 11.3 Å². The van der Waals surface area contributed by atoms with E-state index in [9.17, 15) is 14.9 Å². The van der Waals surface area contributed by atoms with Gasteiger partial charge in [0.15, 0.2) is 6.61 Å². The highest BCUT2D eigenvalue weighted by atomic mass is 79.9. The zero-order valence-corrected chi connectivity index (χ0v) is 21.6. The summed E-state index contributed by atoms with van der Waals surface area (Å²) in [5, 5.41) is 15.5. The van der Waals surface area contributed by atoms with E-state index in [-0.39, 0.29) is 18.1 Å². The Balaban J connectivity index is 1.64. The van der Waals surface area contributed by atoms with E-state index >= 15 is 0 Å². The van der Waals surface area contributed by atoms with Crippen LogP contribution in [0.5, 0.6) is 5.75 Å². The number of hydrogen-bond donors (Lipinski definition) is 2. The lowest BCUT2D eigenvalue weighted by Crippen LogP contribution is -2.23. The van der Waals surface area contributed by atoms with E-state index in [1.807, 2.05) is 36.4 Å². The van der Waals surface area contributed by atoms with Crippen LogP contribution in [0.4, 0.5) is 5.69 Å². The van der Waals surface area contributed by atoms with Crippen molar-refractivity contribution in [2.24, 2.45) is 0 Å². The van der Waals surface area contributed by atoms with E-state index in [0.717, 1.165) is 5.56 Å². The average Bonchev–Trinajstić information content (AvgIpc) is 2.82. The highest BCUT2D eigenvalue weighted by Gasteiger charge is 2.14. The molecule has 3 aromatic carbocycles. The summed E-state index contributed by atoms with van der Waals surface area (Å²) in [6.07, 6.45) is 1.48. The molecule has 0 aliphatic heterocycles. The van der Waals surface area contributed by atoms with Crippen LogP contribution in [-0.2, 0) is 16.1 Å². The topological polar surface area (TPSA) is 91.2 Å². The number of hydrogen-bond acceptors (Lipinski definition) is 4. The summed E-state index contributed by atoms with van der Waals surface area (Å²) in [6.45, 7) is 0.0945. The third kappa shape index (κ3) is 7.45. The van der Waals surface area contributed by atoms with Crippen molar-refractivity contribution in [2.75, 3.05) is 11.9 Å². The normalized spacial score (nSPS) is 10.8. The summed E-state index contributed by atoms with van der Waals surface area (Å²) < 4.78 is 6.75. The average molecular weight is 604 g/mol. The van der Waals surface area contributed by atoms with Gasteiger partial charge in [0.05, 0.1) is 8.95 Å². The van der Waals surface area contributed by atoms with Crippen molar-refractivity contribution < 1.29 is 14.3 Å². The number of halogens is 3. The van der Waals surface area contributed by atoms with Gasteiger partial charge in [0, 0.05) is 17.3 Å². The summed E-state index contributed by atoms with van der Waals surface area (Å²) in [6, 6.07) is 21.5. The Bertz CT molecular complexity index is 1230. The Labute approximate surface area is 218 Å². The van der Waals surface area contributed by atoms with Gasteiger partial charge in [-0.2, -0.15) is 5.26 Å². The fourth-order valence-electron chi connectivity index (χ4n) is 2.86. The predicted molar refractivity (Wildman–Crippen MR) is 139 cm³/mol. The first kappa shape index (κ1) is 25.5. The van der Waals surface area contributed by atoms with Crippen molar-refractivity contribution >= 4 is 67.0 Å². The SMILES string of the molecule is N#C/C(=C\c1cc(Br)c(OCC(=O)Nc2ccc(Cl)cc2)c(Br)c1)C(=O)NCc1ccccc1. The Hall–Kier alpha value is -3.12. The van der Waals surface area contributed by atoms with Gasteiger partial charge in [-0.05, 0) is 85.5 Å². The standard InChI is InChI=1S/C25H18Br2ClN3O3/c26-21-11-17(10-18(13-29)25(33)30-14-16-4-2-1-3-5-16)12-22(27)24(21)34-15-23(32)31-20-8-6-19(28)7-9-20/h1-12H,14-15H2,(H,30,33)(H,31,32)/b18-10+. The first-order valence-electron chi connectivity index (χ1n) is 9.97. The van der Waals surface area contributed by atoms with Crippen LogP contribution in [0.15, 0.2) is 81.2 Å². The Morgan fingerprint density at radius 1 is 1.03 bits per heavy atom. The maximum Gasteiger partial charge on any atom is 0.262 e. The third-order valence-corrected chi connectivity index (χ3v) is 5.90. The van der Waals surface area contributed by atoms with Gasteiger partial charge in [-0.15, -0.1) is 0 Å². The molecule has 0 fully saturated rings. The molecule has 0 bridgehead atoms. The van der Waals surface area contributed by atoms with Crippen LogP contribution >= 0.6 is 43.5 Å². The van der Waals surface area contributed by atoms with Crippen molar-refractivity contribution in [3.8, 4) is 11.8 Å². The summed E-state index contributed by atoms with van der Waals surface area (Å²) >= 11 is 12.7. The van der Waals surface area contributed by atoms with Crippen LogP contribution in [0.1, 0.15) is 11.1 Å². The molecule has 172 valence electrons. The van der Waals surface area contributed by atoms with Crippen LogP contribution in [0.3, 0.4) is 0 Å². The molecule has 0 radical (unpaired) electrons. The zero-order valence-electron chi connectivity index (χ0n) is 17.6. The van der Waals surface area contributed by atoms with Crippen molar-refractivity contribution in [3.05, 3.63) is 97.4 Å². The molecule has 0 atom stereocenters. The van der Waals surface area contributed by atoms with Gasteiger partial charge in [-0.1, -0.05) is 41.9 Å². The molecular formula is C25H18Br2ClN3O3. The second-order valence-electron chi connectivity index (χ2n) is 7.00. The number of benzene rings is 3. The molecule has 2 N–H and O–H groups in total. The van der Waals surface area contributed by atoms with Crippen molar-refractivity contribution in [1.82, 2.24) is 5.32 Å². The van der Waals surface area contributed by atoms with E-state index in [1.54, 1.807) is 36.4 Å². The van der Waals surface area contributed by atoms with Gasteiger partial charge in [0.2, 0.25) is 0 Å². The number of rotatable bonds is 8. The van der Waals surface area contributed by atoms with Gasteiger partial charge in [0.1, 0.15) is 17.4 Å². The molecule has 3 rings (SSSR count). The zero-order chi connectivity index (χ0) is 24.5. The monoisotopic (exact) mass is 601 g/mol. The van der Waals surface area contributed by atoms with Crippen LogP contribution in [0.2, 0.25) is 5.02 Å². The lowest BCUT2D eigenvalue weighted by Gasteiger charge is -2.12. The highest BCUT2D eigenvalue weighted by molar-refractivity contribution is 9.11. The van der Waals surface area contributed by atoms with Gasteiger partial charge in [0.25, 0.3) is 11.8 Å². The molecule has 2 amide bonds. The molecule has 0 unspecified atom stereocenters. The second kappa shape index (κ2) is 12.4. The molecular weight excluding hydrogens is 586 g/mol. The number of carbonyl (C=O) groups excluding carboxylic acids is 2. The molecule has 0 saturated carbocycles. The number of anilines is 1. The molecule has 0 heterocycles. The van der Waals surface area contributed by atoms with Gasteiger partial charge in [-0.3, -0.25) is 9.59 Å². The molecule has 0 aliphatic rings.